The van der Waals surface area contributed by atoms with E-state index in [1.54, 1.807) is 0 Å². The third-order valence-electron chi connectivity index (χ3n) is 6.51. The van der Waals surface area contributed by atoms with Crippen LogP contribution in [0.2, 0.25) is 5.02 Å². The van der Waals surface area contributed by atoms with Crippen molar-refractivity contribution in [2.24, 2.45) is 13.0 Å². The monoisotopic (exact) mass is 493 g/mol. The molecule has 0 aliphatic rings. The molecule has 0 aliphatic heterocycles. The smallest absolute Gasteiger partial charge is 0.303 e. The molecule has 0 fully saturated rings. The largest absolute Gasteiger partial charge is 0.481 e. The third-order valence-corrected chi connectivity index (χ3v) is 6.75. The van der Waals surface area contributed by atoms with Gasteiger partial charge in [-0.05, 0) is 55.4 Å². The van der Waals surface area contributed by atoms with Gasteiger partial charge >= 0.3 is 5.97 Å². The Morgan fingerprint density at radius 1 is 1.00 bits per heavy atom. The molecule has 1 N–H and O–H groups in total. The summed E-state index contributed by atoms with van der Waals surface area (Å²) in [5.74, 6) is -1.08. The van der Waals surface area contributed by atoms with Gasteiger partial charge in [-0.1, -0.05) is 80.3 Å². The zero-order valence-corrected chi connectivity index (χ0v) is 21.6. The number of carbonyl (C=O) groups excluding carboxylic acids is 1. The van der Waals surface area contributed by atoms with E-state index >= 15 is 0 Å². The van der Waals surface area contributed by atoms with Gasteiger partial charge in [0.1, 0.15) is 0 Å². The lowest BCUT2D eigenvalue weighted by atomic mass is 9.94. The summed E-state index contributed by atoms with van der Waals surface area (Å²) >= 11 is 6.26. The molecule has 5 heteroatoms. The lowest BCUT2D eigenvalue weighted by Crippen LogP contribution is -2.12. The summed E-state index contributed by atoms with van der Waals surface area (Å²) in [4.78, 5) is 24.3. The highest BCUT2D eigenvalue weighted by Crippen LogP contribution is 2.31. The van der Waals surface area contributed by atoms with Crippen LogP contribution in [0.4, 0.5) is 0 Å². The van der Waals surface area contributed by atoms with Crippen molar-refractivity contribution in [1.82, 2.24) is 4.57 Å². The van der Waals surface area contributed by atoms with Gasteiger partial charge in [0.15, 0.2) is 5.78 Å². The van der Waals surface area contributed by atoms with Crippen LogP contribution in [0.3, 0.4) is 0 Å². The molecule has 2 aromatic carbocycles. The molecule has 0 radical (unpaired) electrons. The summed E-state index contributed by atoms with van der Waals surface area (Å²) in [7, 11) is 2.00. The normalized spacial score (nSPS) is 12.4. The summed E-state index contributed by atoms with van der Waals surface area (Å²) in [5.41, 5.74) is 3.98. The number of nitrogens with zero attached hydrogens (tertiary/aromatic N) is 1. The Kier molecular flexibility index (Phi) is 10.2. The molecular weight excluding hydrogens is 458 g/mol. The van der Waals surface area contributed by atoms with Crippen LogP contribution in [0.15, 0.2) is 54.6 Å². The fourth-order valence-corrected chi connectivity index (χ4v) is 4.90. The van der Waals surface area contributed by atoms with E-state index in [1.165, 1.54) is 24.8 Å². The fraction of sp³-hybridized carbons (Fsp3) is 0.400. The van der Waals surface area contributed by atoms with Gasteiger partial charge in [0.2, 0.25) is 0 Å². The van der Waals surface area contributed by atoms with Crippen molar-refractivity contribution < 1.29 is 14.7 Å². The van der Waals surface area contributed by atoms with Gasteiger partial charge in [-0.15, -0.1) is 0 Å². The number of unbranched alkanes of at least 4 members (excludes halogenated alkanes) is 5. The van der Waals surface area contributed by atoms with Crippen molar-refractivity contribution in [2.45, 2.75) is 64.7 Å². The first-order chi connectivity index (χ1) is 16.9. The highest BCUT2D eigenvalue weighted by Gasteiger charge is 2.23. The Balaban J connectivity index is 1.56. The quantitative estimate of drug-likeness (QED) is 0.182. The topological polar surface area (TPSA) is 59.3 Å². The number of hydrogen-bond donors (Lipinski definition) is 1. The number of Topliss-reactive ketones (excluding diaryl/α,β-unsaturated/α-hetero) is 1. The maximum absolute atomic E-state index is 13.3. The van der Waals surface area contributed by atoms with E-state index in [-0.39, 0.29) is 24.5 Å². The number of halogens is 1. The van der Waals surface area contributed by atoms with Gasteiger partial charge in [-0.2, -0.15) is 0 Å². The molecule has 0 aliphatic carbocycles. The molecule has 0 saturated heterocycles. The summed E-state index contributed by atoms with van der Waals surface area (Å²) in [6, 6.07) is 16.0. The Labute approximate surface area is 213 Å². The second-order valence-corrected chi connectivity index (χ2v) is 9.93. The number of aromatic nitrogens is 1. The Morgan fingerprint density at radius 2 is 1.71 bits per heavy atom. The Hall–Kier alpha value is -2.85. The van der Waals surface area contributed by atoms with Crippen molar-refractivity contribution in [1.29, 1.82) is 0 Å². The molecule has 1 heterocycles. The third kappa shape index (κ3) is 7.83. The van der Waals surface area contributed by atoms with Crippen LogP contribution in [-0.4, -0.2) is 21.4 Å². The second kappa shape index (κ2) is 13.3. The molecule has 3 aromatic rings. The first kappa shape index (κ1) is 26.7. The number of rotatable bonds is 14. The van der Waals surface area contributed by atoms with E-state index in [1.807, 2.05) is 38.2 Å². The molecule has 0 spiro atoms. The highest BCUT2D eigenvalue weighted by molar-refractivity contribution is 6.31. The van der Waals surface area contributed by atoms with Crippen molar-refractivity contribution in [2.75, 3.05) is 0 Å². The molecule has 1 unspecified atom stereocenters. The minimum Gasteiger partial charge on any atom is -0.481 e. The van der Waals surface area contributed by atoms with Crippen LogP contribution in [0.1, 0.15) is 79.9 Å². The zero-order valence-electron chi connectivity index (χ0n) is 20.8. The van der Waals surface area contributed by atoms with Crippen LogP contribution in [-0.2, 0) is 18.3 Å². The number of aliphatic carboxylic acids is 1. The van der Waals surface area contributed by atoms with E-state index in [0.29, 0.717) is 10.6 Å². The van der Waals surface area contributed by atoms with Gasteiger partial charge in [0.25, 0.3) is 0 Å². The van der Waals surface area contributed by atoms with Crippen molar-refractivity contribution in [3.63, 3.8) is 0 Å². The molecular formula is C30H36ClNO3. The van der Waals surface area contributed by atoms with E-state index < -0.39 is 5.97 Å². The molecule has 1 atom stereocenters. The van der Waals surface area contributed by atoms with Gasteiger partial charge < -0.3 is 9.67 Å². The predicted molar refractivity (Wildman–Crippen MR) is 145 cm³/mol. The molecule has 0 saturated carbocycles. The Morgan fingerprint density at radius 3 is 2.46 bits per heavy atom. The number of carboxylic acid groups (broad SMARTS) is 1. The summed E-state index contributed by atoms with van der Waals surface area (Å²) < 4.78 is 2.11. The molecule has 3 rings (SSSR count). The van der Waals surface area contributed by atoms with Crippen LogP contribution >= 0.6 is 11.6 Å². The number of carboxylic acids is 1. The van der Waals surface area contributed by atoms with E-state index in [2.05, 4.69) is 41.0 Å². The number of aryl methyl sites for hydroxylation is 1. The lowest BCUT2D eigenvalue weighted by Gasteiger charge is -2.11. The average molecular weight is 494 g/mol. The van der Waals surface area contributed by atoms with Crippen molar-refractivity contribution in [3.05, 3.63) is 76.5 Å². The van der Waals surface area contributed by atoms with Gasteiger partial charge in [-0.25, -0.2) is 0 Å². The number of hydrogen-bond acceptors (Lipinski definition) is 2. The van der Waals surface area contributed by atoms with Gasteiger partial charge in [0.05, 0.1) is 0 Å². The molecule has 0 amide bonds. The fourth-order valence-electron chi connectivity index (χ4n) is 4.73. The molecule has 0 bridgehead atoms. The van der Waals surface area contributed by atoms with Gasteiger partial charge in [-0.3, -0.25) is 9.59 Å². The number of carbonyl (C=O) groups is 2. The van der Waals surface area contributed by atoms with E-state index in [4.69, 9.17) is 16.7 Å². The summed E-state index contributed by atoms with van der Waals surface area (Å²) in [6.07, 6.45) is 12.3. The van der Waals surface area contributed by atoms with Crippen LogP contribution in [0.5, 0.6) is 0 Å². The maximum atomic E-state index is 13.3. The molecule has 1 aromatic heterocycles. The van der Waals surface area contributed by atoms with Crippen molar-refractivity contribution in [3.8, 4) is 0 Å². The number of allylic oxidation sites excluding steroid dienone is 1. The Bertz CT molecular complexity index is 1160. The minimum absolute atomic E-state index is 0.00631. The molecule has 186 valence electrons. The van der Waals surface area contributed by atoms with Gasteiger partial charge in [0, 0.05) is 47.1 Å². The standard InChI is InChI=1S/C30H36ClNO3/c1-22(20-29(34)35)19-28(33)30-25-21-24(31)17-18-26(25)32(2)27(30)16-12-7-5-3-4-6-9-13-23-14-10-8-11-15-23/h8-11,13-15,17-18,21-22H,3-7,12,16,19-20H2,1-2H3,(H,34,35)/b13-9+. The summed E-state index contributed by atoms with van der Waals surface area (Å²) in [6.45, 7) is 1.82. The minimum atomic E-state index is -0.873. The lowest BCUT2D eigenvalue weighted by molar-refractivity contribution is -0.137. The first-order valence-corrected chi connectivity index (χ1v) is 13.0. The van der Waals surface area contributed by atoms with E-state index in [9.17, 15) is 9.59 Å². The predicted octanol–water partition coefficient (Wildman–Crippen LogP) is 8.11. The SMILES string of the molecule is CC(CC(=O)O)CC(=O)c1c(CCCCCCC/C=C/c2ccccc2)n(C)c2ccc(Cl)cc12. The zero-order chi connectivity index (χ0) is 25.2. The van der Waals surface area contributed by atoms with E-state index in [0.717, 1.165) is 42.3 Å². The van der Waals surface area contributed by atoms with Crippen molar-refractivity contribution >= 4 is 40.3 Å². The van der Waals surface area contributed by atoms with Crippen LogP contribution in [0, 0.1) is 5.92 Å². The second-order valence-electron chi connectivity index (χ2n) is 9.49. The number of fused-ring (bicyclic) bond motifs is 1. The molecule has 35 heavy (non-hydrogen) atoms. The van der Waals surface area contributed by atoms with Crippen LogP contribution in [0.25, 0.3) is 17.0 Å². The summed E-state index contributed by atoms with van der Waals surface area (Å²) in [5, 5.41) is 10.6. The maximum Gasteiger partial charge on any atom is 0.303 e. The molecule has 4 nitrogen and oxygen atoms in total. The first-order valence-electron chi connectivity index (χ1n) is 12.6. The average Bonchev–Trinajstić information content (AvgIpc) is 3.08. The van der Waals surface area contributed by atoms with Crippen LogP contribution < -0.4 is 0 Å². The number of ketones is 1. The number of benzene rings is 2. The highest BCUT2D eigenvalue weighted by atomic mass is 35.5.